The standard InChI is InChI=1S/C21H20F2N6O3S/c1-3-33(30,31)28-15-5-7-19(32-20-6-4-14(22)9-17(20)23)16(10-15)18-8-13(11-24)21-26-25-12(2)29(21)27-18/h4-10,28H,3,11,24H2,1-2H3. The number of sulfonamides is 1. The molecule has 0 fully saturated rings. The average molecular weight is 474 g/mol. The van der Waals surface area contributed by atoms with Crippen LogP contribution in [0, 0.1) is 18.6 Å². The SMILES string of the molecule is CCS(=O)(=O)Nc1ccc(Oc2ccc(F)cc2F)c(-c2cc(CN)c3nnc(C)n3n2)c1. The van der Waals surface area contributed by atoms with E-state index in [-0.39, 0.29) is 29.5 Å². The zero-order valence-corrected chi connectivity index (χ0v) is 18.5. The van der Waals surface area contributed by atoms with Crippen LogP contribution in [0.2, 0.25) is 0 Å². The number of nitrogens with zero attached hydrogens (tertiary/aromatic N) is 4. The van der Waals surface area contributed by atoms with Crippen LogP contribution < -0.4 is 15.2 Å². The molecule has 0 unspecified atom stereocenters. The van der Waals surface area contributed by atoms with E-state index in [1.165, 1.54) is 29.6 Å². The van der Waals surface area contributed by atoms with Crippen LogP contribution in [0.5, 0.6) is 11.5 Å². The minimum Gasteiger partial charge on any atom is -0.454 e. The molecular weight excluding hydrogens is 454 g/mol. The summed E-state index contributed by atoms with van der Waals surface area (Å²) in [5.74, 6) is -1.29. The predicted molar refractivity (Wildman–Crippen MR) is 118 cm³/mol. The number of aryl methyl sites for hydroxylation is 1. The summed E-state index contributed by atoms with van der Waals surface area (Å²) in [6.07, 6.45) is 0. The van der Waals surface area contributed by atoms with Crippen LogP contribution in [0.4, 0.5) is 14.5 Å². The van der Waals surface area contributed by atoms with Gasteiger partial charge >= 0.3 is 0 Å². The third-order valence-corrected chi connectivity index (χ3v) is 6.15. The van der Waals surface area contributed by atoms with Crippen LogP contribution in [0.1, 0.15) is 18.3 Å². The smallest absolute Gasteiger partial charge is 0.232 e. The molecule has 2 heterocycles. The maximum absolute atomic E-state index is 14.2. The fraction of sp³-hybridized carbons (Fsp3) is 0.190. The Labute approximate surface area is 188 Å². The van der Waals surface area contributed by atoms with Gasteiger partial charge in [-0.05, 0) is 50.2 Å². The van der Waals surface area contributed by atoms with Gasteiger partial charge in [-0.25, -0.2) is 17.2 Å². The first-order valence-corrected chi connectivity index (χ1v) is 11.6. The van der Waals surface area contributed by atoms with E-state index in [4.69, 9.17) is 10.5 Å². The lowest BCUT2D eigenvalue weighted by Crippen LogP contribution is -2.14. The van der Waals surface area contributed by atoms with Crippen LogP contribution in [0.15, 0.2) is 42.5 Å². The largest absolute Gasteiger partial charge is 0.454 e. The highest BCUT2D eigenvalue weighted by molar-refractivity contribution is 7.92. The number of rotatable bonds is 7. The van der Waals surface area contributed by atoms with Gasteiger partial charge in [0.05, 0.1) is 11.4 Å². The number of aromatic nitrogens is 4. The number of nitrogens with two attached hydrogens (primary N) is 1. The molecule has 172 valence electrons. The van der Waals surface area contributed by atoms with E-state index < -0.39 is 21.7 Å². The van der Waals surface area contributed by atoms with E-state index in [9.17, 15) is 17.2 Å². The summed E-state index contributed by atoms with van der Waals surface area (Å²) < 4.78 is 61.4. The second-order valence-electron chi connectivity index (χ2n) is 7.13. The lowest BCUT2D eigenvalue weighted by atomic mass is 10.1. The van der Waals surface area contributed by atoms with Crippen molar-refractivity contribution < 1.29 is 21.9 Å². The summed E-state index contributed by atoms with van der Waals surface area (Å²) in [6.45, 7) is 3.37. The molecular formula is C21H20F2N6O3S. The van der Waals surface area contributed by atoms with Crippen LogP contribution in [0.3, 0.4) is 0 Å². The van der Waals surface area contributed by atoms with Crippen LogP contribution in [-0.4, -0.2) is 34.0 Å². The molecule has 2 aromatic heterocycles. The topological polar surface area (TPSA) is 124 Å². The Morgan fingerprint density at radius 1 is 1.09 bits per heavy atom. The average Bonchev–Trinajstić information content (AvgIpc) is 3.16. The van der Waals surface area contributed by atoms with Crippen molar-refractivity contribution in [1.82, 2.24) is 19.8 Å². The molecule has 9 nitrogen and oxygen atoms in total. The highest BCUT2D eigenvalue weighted by Crippen LogP contribution is 2.36. The minimum atomic E-state index is -3.56. The van der Waals surface area contributed by atoms with E-state index in [2.05, 4.69) is 20.0 Å². The molecule has 0 amide bonds. The number of ether oxygens (including phenoxy) is 1. The first-order chi connectivity index (χ1) is 15.7. The Bertz CT molecular complexity index is 1460. The van der Waals surface area contributed by atoms with Crippen molar-refractivity contribution >= 4 is 21.4 Å². The number of benzene rings is 2. The summed E-state index contributed by atoms with van der Waals surface area (Å²) in [4.78, 5) is 0. The highest BCUT2D eigenvalue weighted by Gasteiger charge is 2.18. The van der Waals surface area contributed by atoms with Crippen LogP contribution in [-0.2, 0) is 16.6 Å². The zero-order chi connectivity index (χ0) is 23.8. The zero-order valence-electron chi connectivity index (χ0n) is 17.7. The van der Waals surface area contributed by atoms with Crippen molar-refractivity contribution in [1.29, 1.82) is 0 Å². The fourth-order valence-electron chi connectivity index (χ4n) is 3.14. The predicted octanol–water partition coefficient (Wildman–Crippen LogP) is 3.39. The molecule has 0 aliphatic carbocycles. The summed E-state index contributed by atoms with van der Waals surface area (Å²) in [5.41, 5.74) is 7.97. The Kier molecular flexibility index (Phi) is 5.95. The lowest BCUT2D eigenvalue weighted by Gasteiger charge is -2.15. The van der Waals surface area contributed by atoms with Crippen molar-refractivity contribution in [3.63, 3.8) is 0 Å². The number of nitrogens with one attached hydrogen (secondary N) is 1. The molecule has 0 radical (unpaired) electrons. The molecule has 4 aromatic rings. The fourth-order valence-corrected chi connectivity index (χ4v) is 3.77. The Balaban J connectivity index is 1.89. The van der Waals surface area contributed by atoms with E-state index in [1.807, 2.05) is 0 Å². The number of halogens is 2. The van der Waals surface area contributed by atoms with Crippen LogP contribution >= 0.6 is 0 Å². The second kappa shape index (κ2) is 8.71. The Morgan fingerprint density at radius 3 is 2.55 bits per heavy atom. The van der Waals surface area contributed by atoms with Crippen molar-refractivity contribution in [3.05, 3.63) is 65.5 Å². The molecule has 0 saturated carbocycles. The first-order valence-electron chi connectivity index (χ1n) is 9.90. The molecule has 0 atom stereocenters. The van der Waals surface area contributed by atoms with E-state index in [0.717, 1.165) is 12.1 Å². The summed E-state index contributed by atoms with van der Waals surface area (Å²) in [5, 5.41) is 12.6. The minimum absolute atomic E-state index is 0.122. The molecule has 0 saturated heterocycles. The van der Waals surface area contributed by atoms with Crippen molar-refractivity contribution in [2.75, 3.05) is 10.5 Å². The van der Waals surface area contributed by atoms with Gasteiger partial charge in [0.1, 0.15) is 11.6 Å². The lowest BCUT2D eigenvalue weighted by molar-refractivity contribution is 0.439. The molecule has 12 heteroatoms. The van der Waals surface area contributed by atoms with Crippen molar-refractivity contribution in [2.45, 2.75) is 20.4 Å². The summed E-state index contributed by atoms with van der Waals surface area (Å²) in [7, 11) is -3.56. The van der Waals surface area contributed by atoms with E-state index in [1.54, 1.807) is 13.0 Å². The Morgan fingerprint density at radius 2 is 1.85 bits per heavy atom. The molecule has 0 spiro atoms. The van der Waals surface area contributed by atoms with Crippen molar-refractivity contribution in [3.8, 4) is 22.8 Å². The van der Waals surface area contributed by atoms with Gasteiger partial charge in [-0.3, -0.25) is 4.72 Å². The molecule has 33 heavy (non-hydrogen) atoms. The van der Waals surface area contributed by atoms with Gasteiger partial charge in [-0.15, -0.1) is 10.2 Å². The third-order valence-electron chi connectivity index (χ3n) is 4.85. The van der Waals surface area contributed by atoms with E-state index in [0.29, 0.717) is 34.4 Å². The number of anilines is 1. The van der Waals surface area contributed by atoms with Crippen LogP contribution in [0.25, 0.3) is 16.9 Å². The number of hydrogen-bond donors (Lipinski definition) is 2. The van der Waals surface area contributed by atoms with Gasteiger partial charge in [0.2, 0.25) is 10.0 Å². The van der Waals surface area contributed by atoms with Gasteiger partial charge in [-0.2, -0.15) is 9.61 Å². The number of fused-ring (bicyclic) bond motifs is 1. The van der Waals surface area contributed by atoms with Crippen molar-refractivity contribution in [2.24, 2.45) is 5.73 Å². The monoisotopic (exact) mass is 474 g/mol. The number of hydrogen-bond acceptors (Lipinski definition) is 7. The van der Waals surface area contributed by atoms with Gasteiger partial charge in [0.15, 0.2) is 23.0 Å². The quantitative estimate of drug-likeness (QED) is 0.421. The summed E-state index contributed by atoms with van der Waals surface area (Å²) >= 11 is 0. The second-order valence-corrected chi connectivity index (χ2v) is 9.15. The maximum atomic E-state index is 14.2. The molecule has 4 rings (SSSR count). The third kappa shape index (κ3) is 4.61. The Hall–Kier alpha value is -3.64. The van der Waals surface area contributed by atoms with E-state index >= 15 is 0 Å². The maximum Gasteiger partial charge on any atom is 0.232 e. The summed E-state index contributed by atoms with van der Waals surface area (Å²) in [6, 6.07) is 9.06. The normalized spacial score (nSPS) is 11.7. The van der Waals surface area contributed by atoms with Gasteiger partial charge < -0.3 is 10.5 Å². The van der Waals surface area contributed by atoms with Gasteiger partial charge in [0.25, 0.3) is 0 Å². The first kappa shape index (κ1) is 22.6. The molecule has 0 aliphatic heterocycles. The molecule has 0 bridgehead atoms. The molecule has 0 aliphatic rings. The van der Waals surface area contributed by atoms with Gasteiger partial charge in [-0.1, -0.05) is 0 Å². The van der Waals surface area contributed by atoms with Gasteiger partial charge in [0, 0.05) is 29.4 Å². The molecule has 3 N–H and O–H groups in total. The molecule has 2 aromatic carbocycles. The highest BCUT2D eigenvalue weighted by atomic mass is 32.2.